The first-order chi connectivity index (χ1) is 7.99. The number of nitrogens with zero attached hydrogens (tertiary/aromatic N) is 1. The molecule has 0 spiro atoms. The van der Waals surface area contributed by atoms with Gasteiger partial charge in [0, 0.05) is 24.7 Å². The number of carbonyl (C=O) groups excluding carboxylic acids is 1. The van der Waals surface area contributed by atoms with Gasteiger partial charge in [0.05, 0.1) is 0 Å². The molecule has 1 fully saturated rings. The Morgan fingerprint density at radius 2 is 1.83 bits per heavy atom. The van der Waals surface area contributed by atoms with Crippen molar-refractivity contribution in [3.05, 3.63) is 35.1 Å². The maximum absolute atomic E-state index is 13.0. The van der Waals surface area contributed by atoms with Gasteiger partial charge in [0.1, 0.15) is 0 Å². The lowest BCUT2D eigenvalue weighted by Crippen LogP contribution is -2.32. The third kappa shape index (κ3) is 2.76. The number of likely N-dealkylation sites (tertiary alicyclic amines) is 1. The van der Waals surface area contributed by atoms with E-state index in [0.717, 1.165) is 0 Å². The first kappa shape index (κ1) is 14.8. The fraction of sp³-hybridized carbons (Fsp3) is 0.364. The van der Waals surface area contributed by atoms with E-state index in [9.17, 15) is 18.0 Å². The van der Waals surface area contributed by atoms with Gasteiger partial charge in [-0.1, -0.05) is 0 Å². The second-order valence-corrected chi connectivity index (χ2v) is 4.05. The van der Waals surface area contributed by atoms with Gasteiger partial charge in [0.2, 0.25) is 0 Å². The normalized spacial score (nSPS) is 18.7. The van der Waals surface area contributed by atoms with Crippen molar-refractivity contribution in [2.75, 3.05) is 13.1 Å². The molecule has 0 unspecified atom stereocenters. The summed E-state index contributed by atoms with van der Waals surface area (Å²) in [5, 5.41) is 0. The van der Waals surface area contributed by atoms with Gasteiger partial charge in [0.15, 0.2) is 17.5 Å². The molecule has 18 heavy (non-hydrogen) atoms. The number of hydrogen-bond acceptors (Lipinski definition) is 2. The van der Waals surface area contributed by atoms with Crippen LogP contribution in [0, 0.1) is 17.5 Å². The monoisotopic (exact) mass is 280 g/mol. The van der Waals surface area contributed by atoms with Gasteiger partial charge >= 0.3 is 0 Å². The van der Waals surface area contributed by atoms with Crippen molar-refractivity contribution in [3.63, 3.8) is 0 Å². The summed E-state index contributed by atoms with van der Waals surface area (Å²) in [4.78, 5) is 13.2. The second-order valence-electron chi connectivity index (χ2n) is 4.05. The quantitative estimate of drug-likeness (QED) is 0.796. The number of rotatable bonds is 1. The molecule has 100 valence electrons. The Morgan fingerprint density at radius 3 is 2.28 bits per heavy atom. The molecule has 0 saturated carbocycles. The van der Waals surface area contributed by atoms with Crippen LogP contribution in [-0.2, 0) is 0 Å². The number of nitrogens with two attached hydrogens (primary N) is 1. The summed E-state index contributed by atoms with van der Waals surface area (Å²) in [6.45, 7) is 0.792. The third-order valence-electron chi connectivity index (χ3n) is 2.74. The highest BCUT2D eigenvalue weighted by Crippen LogP contribution is 2.17. The molecule has 1 aromatic carbocycles. The van der Waals surface area contributed by atoms with E-state index >= 15 is 0 Å². The average molecular weight is 281 g/mol. The minimum absolute atomic E-state index is 0. The van der Waals surface area contributed by atoms with Crippen molar-refractivity contribution in [1.29, 1.82) is 0 Å². The van der Waals surface area contributed by atoms with Crippen LogP contribution in [0.2, 0.25) is 0 Å². The summed E-state index contributed by atoms with van der Waals surface area (Å²) in [7, 11) is 0. The summed E-state index contributed by atoms with van der Waals surface area (Å²) in [5.74, 6) is -4.83. The Kier molecular flexibility index (Phi) is 4.59. The highest BCUT2D eigenvalue weighted by atomic mass is 35.5. The van der Waals surface area contributed by atoms with Gasteiger partial charge in [-0.15, -0.1) is 12.4 Å². The lowest BCUT2D eigenvalue weighted by Gasteiger charge is -2.15. The standard InChI is InChI=1S/C11H11F3N2O.ClH/c12-8-3-6(4-9(13)10(8)14)11(17)16-2-1-7(15)5-16;/h3-4,7H,1-2,5,15H2;1H/t7-;/m1./s1. The van der Waals surface area contributed by atoms with E-state index in [1.807, 2.05) is 0 Å². The lowest BCUT2D eigenvalue weighted by atomic mass is 10.2. The van der Waals surface area contributed by atoms with Crippen molar-refractivity contribution in [2.24, 2.45) is 5.73 Å². The fourth-order valence-corrected chi connectivity index (χ4v) is 1.83. The molecule has 1 aromatic rings. The molecule has 3 nitrogen and oxygen atoms in total. The van der Waals surface area contributed by atoms with Gasteiger partial charge in [-0.25, -0.2) is 13.2 Å². The second kappa shape index (κ2) is 5.58. The number of benzene rings is 1. The minimum atomic E-state index is -1.57. The summed E-state index contributed by atoms with van der Waals surface area (Å²) in [6, 6.07) is 1.28. The summed E-state index contributed by atoms with van der Waals surface area (Å²) in [6.07, 6.45) is 0.651. The summed E-state index contributed by atoms with van der Waals surface area (Å²) < 4.78 is 38.6. The lowest BCUT2D eigenvalue weighted by molar-refractivity contribution is 0.0789. The molecule has 0 bridgehead atoms. The largest absolute Gasteiger partial charge is 0.337 e. The third-order valence-corrected chi connectivity index (χ3v) is 2.74. The van der Waals surface area contributed by atoms with Gasteiger partial charge < -0.3 is 10.6 Å². The van der Waals surface area contributed by atoms with E-state index in [1.54, 1.807) is 0 Å². The van der Waals surface area contributed by atoms with Crippen LogP contribution in [0.15, 0.2) is 12.1 Å². The van der Waals surface area contributed by atoms with Gasteiger partial charge in [0.25, 0.3) is 5.91 Å². The highest BCUT2D eigenvalue weighted by molar-refractivity contribution is 5.94. The molecule has 1 amide bonds. The van der Waals surface area contributed by atoms with Crippen molar-refractivity contribution in [1.82, 2.24) is 4.90 Å². The predicted octanol–water partition coefficient (Wildman–Crippen LogP) is 1.70. The van der Waals surface area contributed by atoms with Crippen LogP contribution in [0.3, 0.4) is 0 Å². The molecule has 0 radical (unpaired) electrons. The zero-order chi connectivity index (χ0) is 12.6. The Balaban J connectivity index is 0.00000162. The van der Waals surface area contributed by atoms with Crippen LogP contribution >= 0.6 is 12.4 Å². The van der Waals surface area contributed by atoms with Crippen LogP contribution in [0.25, 0.3) is 0 Å². The smallest absolute Gasteiger partial charge is 0.254 e. The maximum Gasteiger partial charge on any atom is 0.254 e. The zero-order valence-electron chi connectivity index (χ0n) is 9.33. The summed E-state index contributed by atoms with van der Waals surface area (Å²) in [5.41, 5.74) is 5.42. The van der Waals surface area contributed by atoms with Crippen LogP contribution in [0.5, 0.6) is 0 Å². The van der Waals surface area contributed by atoms with E-state index in [1.165, 1.54) is 4.90 Å². The molecule has 2 rings (SSSR count). The molecular formula is C11H12ClF3N2O. The van der Waals surface area contributed by atoms with E-state index in [0.29, 0.717) is 31.6 Å². The average Bonchev–Trinajstić information content (AvgIpc) is 2.71. The van der Waals surface area contributed by atoms with Crippen molar-refractivity contribution < 1.29 is 18.0 Å². The highest BCUT2D eigenvalue weighted by Gasteiger charge is 2.26. The molecule has 7 heteroatoms. The van der Waals surface area contributed by atoms with Crippen molar-refractivity contribution in [2.45, 2.75) is 12.5 Å². The molecule has 0 aromatic heterocycles. The van der Waals surface area contributed by atoms with Crippen LogP contribution in [0.4, 0.5) is 13.2 Å². The Morgan fingerprint density at radius 1 is 1.28 bits per heavy atom. The van der Waals surface area contributed by atoms with Crippen LogP contribution in [0.1, 0.15) is 16.8 Å². The number of carbonyl (C=O) groups is 1. The Hall–Kier alpha value is -1.27. The van der Waals surface area contributed by atoms with Crippen LogP contribution in [-0.4, -0.2) is 29.9 Å². The topological polar surface area (TPSA) is 46.3 Å². The molecule has 1 aliphatic heterocycles. The van der Waals surface area contributed by atoms with Crippen LogP contribution < -0.4 is 5.73 Å². The first-order valence-corrected chi connectivity index (χ1v) is 5.18. The number of hydrogen-bond donors (Lipinski definition) is 1. The minimum Gasteiger partial charge on any atom is -0.337 e. The van der Waals surface area contributed by atoms with Gasteiger partial charge in [-0.3, -0.25) is 4.79 Å². The molecule has 1 aliphatic rings. The molecule has 1 heterocycles. The molecule has 2 N–H and O–H groups in total. The van der Waals surface area contributed by atoms with Crippen molar-refractivity contribution >= 4 is 18.3 Å². The summed E-state index contributed by atoms with van der Waals surface area (Å²) >= 11 is 0. The Labute approximate surface area is 108 Å². The fourth-order valence-electron chi connectivity index (χ4n) is 1.83. The van der Waals surface area contributed by atoms with E-state index in [-0.39, 0.29) is 24.0 Å². The predicted molar refractivity (Wildman–Crippen MR) is 62.1 cm³/mol. The molecule has 1 saturated heterocycles. The number of halogens is 4. The van der Waals surface area contributed by atoms with E-state index in [2.05, 4.69) is 0 Å². The molecule has 0 aliphatic carbocycles. The first-order valence-electron chi connectivity index (χ1n) is 5.18. The van der Waals surface area contributed by atoms with E-state index in [4.69, 9.17) is 5.73 Å². The van der Waals surface area contributed by atoms with Gasteiger partial charge in [-0.05, 0) is 18.6 Å². The maximum atomic E-state index is 13.0. The Bertz CT molecular complexity index is 447. The number of amides is 1. The SMILES string of the molecule is Cl.N[C@@H]1CCN(C(=O)c2cc(F)c(F)c(F)c2)C1. The van der Waals surface area contributed by atoms with Gasteiger partial charge in [-0.2, -0.15) is 0 Å². The molecular weight excluding hydrogens is 269 g/mol. The molecule has 1 atom stereocenters. The van der Waals surface area contributed by atoms with Crippen molar-refractivity contribution in [3.8, 4) is 0 Å². The van der Waals surface area contributed by atoms with E-state index < -0.39 is 23.4 Å². The zero-order valence-corrected chi connectivity index (χ0v) is 10.1.